The van der Waals surface area contributed by atoms with Gasteiger partial charge in [0.2, 0.25) is 5.28 Å². The van der Waals surface area contributed by atoms with Crippen LogP contribution in [0.1, 0.15) is 38.1 Å². The Morgan fingerprint density at radius 3 is 2.50 bits per heavy atom. The lowest BCUT2D eigenvalue weighted by molar-refractivity contribution is 0.345. The maximum atomic E-state index is 11.7. The molecule has 0 N–H and O–H groups in total. The Hall–Kier alpha value is -0.770. The lowest BCUT2D eigenvalue weighted by atomic mass is 9.95. The summed E-state index contributed by atoms with van der Waals surface area (Å²) in [5.41, 5.74) is -0.0955. The summed E-state index contributed by atoms with van der Waals surface area (Å²) in [5, 5.41) is 4.24. The Morgan fingerprint density at radius 1 is 1.36 bits per heavy atom. The van der Waals surface area contributed by atoms with Crippen LogP contribution in [0.25, 0.3) is 0 Å². The van der Waals surface area contributed by atoms with E-state index in [2.05, 4.69) is 5.10 Å². The summed E-state index contributed by atoms with van der Waals surface area (Å²) in [6.45, 7) is 0. The molecule has 0 aliphatic heterocycles. The van der Waals surface area contributed by atoms with Gasteiger partial charge in [0.25, 0.3) is 0 Å². The first-order valence-corrected chi connectivity index (χ1v) is 5.39. The van der Waals surface area contributed by atoms with Crippen molar-refractivity contribution in [2.75, 3.05) is 0 Å². The first-order chi connectivity index (χ1) is 6.70. The molecule has 1 aromatic heterocycles. The van der Waals surface area contributed by atoms with Crippen LogP contribution in [0.5, 0.6) is 0 Å². The first kappa shape index (κ1) is 9.77. The topological polar surface area (TPSA) is 39.8 Å². The Labute approximate surface area is 87.5 Å². The number of rotatable bonds is 1. The van der Waals surface area contributed by atoms with E-state index in [4.69, 9.17) is 11.6 Å². The van der Waals surface area contributed by atoms with E-state index in [1.54, 1.807) is 11.6 Å². The number of aryl methyl sites for hydroxylation is 1. The highest BCUT2D eigenvalue weighted by molar-refractivity contribution is 6.28. The van der Waals surface area contributed by atoms with Gasteiger partial charge in [-0.25, -0.2) is 9.48 Å². The maximum Gasteiger partial charge on any atom is 0.346 e. The summed E-state index contributed by atoms with van der Waals surface area (Å²) < 4.78 is 2.93. The molecule has 4 nitrogen and oxygen atoms in total. The predicted octanol–water partition coefficient (Wildman–Crippen LogP) is 1.74. The fraction of sp³-hybridized carbons (Fsp3) is 0.778. The van der Waals surface area contributed by atoms with Gasteiger partial charge in [0, 0.05) is 13.1 Å². The van der Waals surface area contributed by atoms with Crippen LogP contribution in [0.4, 0.5) is 0 Å². The van der Waals surface area contributed by atoms with Crippen molar-refractivity contribution in [1.82, 2.24) is 14.3 Å². The van der Waals surface area contributed by atoms with Crippen molar-refractivity contribution in [1.29, 1.82) is 0 Å². The number of hydrogen-bond acceptors (Lipinski definition) is 2. The lowest BCUT2D eigenvalue weighted by Crippen LogP contribution is -2.27. The Balaban J connectivity index is 2.34. The quantitative estimate of drug-likeness (QED) is 0.716. The second kappa shape index (κ2) is 3.77. The molecule has 14 heavy (non-hydrogen) atoms. The van der Waals surface area contributed by atoms with Gasteiger partial charge >= 0.3 is 5.69 Å². The third kappa shape index (κ3) is 1.59. The van der Waals surface area contributed by atoms with Crippen LogP contribution in [0.3, 0.4) is 0 Å². The molecule has 1 saturated carbocycles. The summed E-state index contributed by atoms with van der Waals surface area (Å²) >= 11 is 5.91. The molecule has 1 aromatic rings. The molecular formula is C9H14ClN3O. The maximum absolute atomic E-state index is 11.7. The number of hydrogen-bond donors (Lipinski definition) is 0. The minimum absolute atomic E-state index is 0.0955. The fourth-order valence-electron chi connectivity index (χ4n) is 2.10. The van der Waals surface area contributed by atoms with Crippen LogP contribution in [-0.2, 0) is 7.05 Å². The van der Waals surface area contributed by atoms with Crippen molar-refractivity contribution in [2.24, 2.45) is 7.05 Å². The van der Waals surface area contributed by atoms with E-state index in [0.29, 0.717) is 5.28 Å². The lowest BCUT2D eigenvalue weighted by Gasteiger charge is -2.21. The molecule has 0 atom stereocenters. The van der Waals surface area contributed by atoms with Crippen molar-refractivity contribution in [3.05, 3.63) is 15.8 Å². The normalized spacial score (nSPS) is 18.7. The molecule has 0 radical (unpaired) electrons. The van der Waals surface area contributed by atoms with E-state index in [9.17, 15) is 4.79 Å². The zero-order valence-electron chi connectivity index (χ0n) is 8.24. The number of nitrogens with zero attached hydrogens (tertiary/aromatic N) is 3. The molecule has 0 aromatic carbocycles. The average molecular weight is 216 g/mol. The molecule has 0 bridgehead atoms. The molecular weight excluding hydrogens is 202 g/mol. The predicted molar refractivity (Wildman–Crippen MR) is 54.6 cm³/mol. The molecule has 5 heteroatoms. The van der Waals surface area contributed by atoms with Crippen LogP contribution in [0.2, 0.25) is 5.28 Å². The van der Waals surface area contributed by atoms with Gasteiger partial charge in [-0.15, -0.1) is 5.10 Å². The van der Waals surface area contributed by atoms with E-state index >= 15 is 0 Å². The highest BCUT2D eigenvalue weighted by Crippen LogP contribution is 2.28. The third-order valence-electron chi connectivity index (χ3n) is 2.85. The SMILES string of the molecule is Cn1nc(Cl)n(C2CCCCC2)c1=O. The summed E-state index contributed by atoms with van der Waals surface area (Å²) in [7, 11) is 1.63. The Bertz CT molecular complexity index is 376. The zero-order valence-corrected chi connectivity index (χ0v) is 9.00. The Morgan fingerprint density at radius 2 is 2.00 bits per heavy atom. The molecule has 1 heterocycles. The van der Waals surface area contributed by atoms with Gasteiger partial charge in [-0.05, 0) is 24.4 Å². The van der Waals surface area contributed by atoms with E-state index < -0.39 is 0 Å². The molecule has 78 valence electrons. The number of halogens is 1. The second-order valence-corrected chi connectivity index (χ2v) is 4.18. The van der Waals surface area contributed by atoms with Gasteiger partial charge in [-0.2, -0.15) is 0 Å². The minimum atomic E-state index is -0.0955. The minimum Gasteiger partial charge on any atom is -0.263 e. The van der Waals surface area contributed by atoms with Gasteiger partial charge in [0.05, 0.1) is 0 Å². The average Bonchev–Trinajstić information content (AvgIpc) is 2.43. The zero-order chi connectivity index (χ0) is 10.1. The monoisotopic (exact) mass is 215 g/mol. The van der Waals surface area contributed by atoms with Crippen molar-refractivity contribution < 1.29 is 0 Å². The largest absolute Gasteiger partial charge is 0.346 e. The van der Waals surface area contributed by atoms with Crippen molar-refractivity contribution >= 4 is 11.6 Å². The van der Waals surface area contributed by atoms with E-state index in [0.717, 1.165) is 12.8 Å². The van der Waals surface area contributed by atoms with Gasteiger partial charge in [0.1, 0.15) is 0 Å². The summed E-state index contributed by atoms with van der Waals surface area (Å²) in [6, 6.07) is 0.262. The molecule has 0 amide bonds. The highest BCUT2D eigenvalue weighted by atomic mass is 35.5. The molecule has 1 aliphatic carbocycles. The van der Waals surface area contributed by atoms with Gasteiger partial charge < -0.3 is 0 Å². The van der Waals surface area contributed by atoms with Crippen LogP contribution in [0.15, 0.2) is 4.79 Å². The Kier molecular flexibility index (Phi) is 2.63. The van der Waals surface area contributed by atoms with Crippen LogP contribution >= 0.6 is 11.6 Å². The molecule has 2 rings (SSSR count). The number of aromatic nitrogens is 3. The van der Waals surface area contributed by atoms with E-state index in [1.165, 1.54) is 23.9 Å². The fourth-order valence-corrected chi connectivity index (χ4v) is 2.42. The second-order valence-electron chi connectivity index (χ2n) is 3.84. The van der Waals surface area contributed by atoms with Crippen LogP contribution in [-0.4, -0.2) is 14.3 Å². The van der Waals surface area contributed by atoms with Gasteiger partial charge in [-0.3, -0.25) is 4.57 Å². The first-order valence-electron chi connectivity index (χ1n) is 5.01. The smallest absolute Gasteiger partial charge is 0.263 e. The van der Waals surface area contributed by atoms with Crippen molar-refractivity contribution in [3.8, 4) is 0 Å². The van der Waals surface area contributed by atoms with Crippen LogP contribution in [0, 0.1) is 0 Å². The standard InChI is InChI=1S/C9H14ClN3O/c1-12-9(14)13(8(10)11-12)7-5-3-2-4-6-7/h7H,2-6H2,1H3. The molecule has 1 fully saturated rings. The molecule has 0 spiro atoms. The molecule has 1 aliphatic rings. The molecule has 0 saturated heterocycles. The van der Waals surface area contributed by atoms with Crippen molar-refractivity contribution in [3.63, 3.8) is 0 Å². The molecule has 0 unspecified atom stereocenters. The summed E-state index contributed by atoms with van der Waals surface area (Å²) in [5.74, 6) is 0. The third-order valence-corrected chi connectivity index (χ3v) is 3.11. The van der Waals surface area contributed by atoms with Gasteiger partial charge in [-0.1, -0.05) is 19.3 Å². The summed E-state index contributed by atoms with van der Waals surface area (Å²) in [6.07, 6.45) is 5.73. The van der Waals surface area contributed by atoms with Crippen molar-refractivity contribution in [2.45, 2.75) is 38.1 Å². The highest BCUT2D eigenvalue weighted by Gasteiger charge is 2.21. The van der Waals surface area contributed by atoms with E-state index in [-0.39, 0.29) is 11.7 Å². The van der Waals surface area contributed by atoms with Crippen LogP contribution < -0.4 is 5.69 Å². The van der Waals surface area contributed by atoms with E-state index in [1.807, 2.05) is 0 Å². The summed E-state index contributed by atoms with van der Waals surface area (Å²) in [4.78, 5) is 11.7. The van der Waals surface area contributed by atoms with Gasteiger partial charge in [0.15, 0.2) is 0 Å².